The summed E-state index contributed by atoms with van der Waals surface area (Å²) in [5, 5.41) is 0. The molecule has 0 aliphatic carbocycles. The lowest BCUT2D eigenvalue weighted by Crippen LogP contribution is -2.00. The van der Waals surface area contributed by atoms with E-state index in [1.54, 1.807) is 30.3 Å². The quantitative estimate of drug-likeness (QED) is 0.351. The van der Waals surface area contributed by atoms with Crippen molar-refractivity contribution in [2.75, 3.05) is 10.5 Å². The van der Waals surface area contributed by atoms with Crippen LogP contribution < -0.4 is 15.2 Å². The molecule has 0 spiro atoms. The Kier molecular flexibility index (Phi) is 6.41. The summed E-state index contributed by atoms with van der Waals surface area (Å²) in [6, 6.07) is 13.5. The van der Waals surface area contributed by atoms with Gasteiger partial charge in [-0.3, -0.25) is 0 Å². The Morgan fingerprint density at radius 2 is 1.72 bits per heavy atom. The second kappa shape index (κ2) is 9.56. The zero-order valence-corrected chi connectivity index (χ0v) is 17.2. The van der Waals surface area contributed by atoms with Crippen LogP contribution in [0, 0.1) is 17.5 Å². The average Bonchev–Trinajstić information content (AvgIpc) is 2.80. The number of anilines is 2. The number of hydrogen-bond donors (Lipinski definition) is 2. The first-order valence-electron chi connectivity index (χ1n) is 9.33. The lowest BCUT2D eigenvalue weighted by molar-refractivity contribution is 0.408. The summed E-state index contributed by atoms with van der Waals surface area (Å²) in [6.07, 6.45) is 2.93. The third kappa shape index (κ3) is 4.92. The fourth-order valence-corrected chi connectivity index (χ4v) is 3.51. The van der Waals surface area contributed by atoms with E-state index in [-0.39, 0.29) is 29.1 Å². The number of halogens is 3. The summed E-state index contributed by atoms with van der Waals surface area (Å²) in [7, 11) is 0. The second-order valence-corrected chi connectivity index (χ2v) is 7.30. The first kappa shape index (κ1) is 21.4. The van der Waals surface area contributed by atoms with E-state index in [2.05, 4.69) is 19.7 Å². The maximum atomic E-state index is 14.7. The van der Waals surface area contributed by atoms with Gasteiger partial charge in [0.25, 0.3) is 0 Å². The molecule has 6 nitrogen and oxygen atoms in total. The number of ether oxygens (including phenoxy) is 1. The van der Waals surface area contributed by atoms with Crippen molar-refractivity contribution in [1.29, 1.82) is 0 Å². The number of nitrogen functional groups attached to an aromatic ring is 1. The summed E-state index contributed by atoms with van der Waals surface area (Å²) in [6.45, 7) is 0. The number of nitrogens with zero attached hydrogens (tertiary/aromatic N) is 3. The number of nitrogens with two attached hydrogens (primary N) is 1. The minimum Gasteiger partial charge on any atom is -0.435 e. The molecule has 4 rings (SSSR count). The molecule has 0 saturated carbocycles. The molecule has 2 heterocycles. The minimum atomic E-state index is -1.17. The monoisotopic (exact) mass is 455 g/mol. The van der Waals surface area contributed by atoms with E-state index >= 15 is 0 Å². The van der Waals surface area contributed by atoms with Crippen LogP contribution in [0.5, 0.6) is 11.6 Å². The van der Waals surface area contributed by atoms with E-state index in [9.17, 15) is 13.2 Å². The van der Waals surface area contributed by atoms with E-state index in [1.165, 1.54) is 36.7 Å². The summed E-state index contributed by atoms with van der Waals surface area (Å²) >= 11 is 1.14. The van der Waals surface area contributed by atoms with Crippen LogP contribution in [0.3, 0.4) is 0 Å². The molecular weight excluding hydrogens is 439 g/mol. The van der Waals surface area contributed by atoms with E-state index in [4.69, 9.17) is 10.5 Å². The van der Waals surface area contributed by atoms with Crippen LogP contribution in [0.15, 0.2) is 67.0 Å². The second-order valence-electron chi connectivity index (χ2n) is 6.51. The van der Waals surface area contributed by atoms with Crippen LogP contribution in [-0.4, -0.2) is 15.0 Å². The zero-order chi connectivity index (χ0) is 22.5. The van der Waals surface area contributed by atoms with E-state index < -0.39 is 11.6 Å². The molecule has 0 radical (unpaired) electrons. The summed E-state index contributed by atoms with van der Waals surface area (Å²) in [5.41, 5.74) is 7.28. The van der Waals surface area contributed by atoms with Gasteiger partial charge in [-0.25, -0.2) is 23.7 Å². The van der Waals surface area contributed by atoms with Gasteiger partial charge in [-0.1, -0.05) is 12.1 Å². The summed E-state index contributed by atoms with van der Waals surface area (Å²) in [5.74, 6) is -2.42. The van der Waals surface area contributed by atoms with Crippen molar-refractivity contribution in [3.8, 4) is 22.9 Å². The highest BCUT2D eigenvalue weighted by molar-refractivity contribution is 7.99. The van der Waals surface area contributed by atoms with Crippen LogP contribution in [0.2, 0.25) is 0 Å². The predicted molar refractivity (Wildman–Crippen MR) is 117 cm³/mol. The maximum Gasteiger partial charge on any atom is 0.228 e. The van der Waals surface area contributed by atoms with Crippen LogP contribution in [0.25, 0.3) is 11.3 Å². The van der Waals surface area contributed by atoms with Crippen LogP contribution >= 0.6 is 11.9 Å². The van der Waals surface area contributed by atoms with Gasteiger partial charge in [-0.15, -0.1) is 0 Å². The van der Waals surface area contributed by atoms with Crippen molar-refractivity contribution in [2.45, 2.75) is 5.75 Å². The van der Waals surface area contributed by atoms with Crippen molar-refractivity contribution >= 4 is 23.6 Å². The highest BCUT2D eigenvalue weighted by Gasteiger charge is 2.18. The summed E-state index contributed by atoms with van der Waals surface area (Å²) < 4.78 is 50.5. The van der Waals surface area contributed by atoms with Crippen molar-refractivity contribution in [3.05, 3.63) is 90.0 Å². The Morgan fingerprint density at radius 1 is 0.906 bits per heavy atom. The zero-order valence-electron chi connectivity index (χ0n) is 16.4. The molecule has 0 atom stereocenters. The Hall–Kier alpha value is -3.79. The number of nitrogens with one attached hydrogen (secondary N) is 1. The van der Waals surface area contributed by atoms with E-state index in [1.807, 2.05) is 0 Å². The first-order chi connectivity index (χ1) is 15.5. The SMILES string of the molecule is Nc1nccc(-c2cccnc2Oc2ccc(NSCc3ccc(F)cc3)c(F)c2F)n1. The molecule has 0 unspecified atom stereocenters. The molecule has 0 bridgehead atoms. The molecular formula is C22H16F3N5OS. The van der Waals surface area contributed by atoms with Gasteiger partial charge in [0.2, 0.25) is 17.6 Å². The Morgan fingerprint density at radius 3 is 2.50 bits per heavy atom. The van der Waals surface area contributed by atoms with Crippen molar-refractivity contribution in [3.63, 3.8) is 0 Å². The largest absolute Gasteiger partial charge is 0.435 e. The van der Waals surface area contributed by atoms with Crippen molar-refractivity contribution in [1.82, 2.24) is 15.0 Å². The molecule has 10 heteroatoms. The van der Waals surface area contributed by atoms with Gasteiger partial charge in [0, 0.05) is 18.1 Å². The maximum absolute atomic E-state index is 14.7. The number of pyridine rings is 1. The van der Waals surface area contributed by atoms with Gasteiger partial charge in [0.05, 0.1) is 16.9 Å². The van der Waals surface area contributed by atoms with Gasteiger partial charge in [-0.05, 0) is 60.0 Å². The molecule has 0 fully saturated rings. The molecule has 2 aromatic carbocycles. The topological polar surface area (TPSA) is 86.0 Å². The highest BCUT2D eigenvalue weighted by Crippen LogP contribution is 2.34. The lowest BCUT2D eigenvalue weighted by atomic mass is 10.2. The van der Waals surface area contributed by atoms with Crippen molar-refractivity contribution in [2.24, 2.45) is 0 Å². The predicted octanol–water partition coefficient (Wildman–Crippen LogP) is 5.59. The molecule has 0 aliphatic heterocycles. The number of benzene rings is 2. The molecule has 0 aliphatic rings. The molecule has 0 saturated heterocycles. The standard InChI is InChI=1S/C22H16F3N5OS/c23-14-5-3-13(4-6-14)12-32-30-17-7-8-18(20(25)19(17)24)31-21-15(2-1-10-27-21)16-9-11-28-22(26)29-16/h1-11,30H,12H2,(H2,26,28,29). The van der Waals surface area contributed by atoms with Gasteiger partial charge >= 0.3 is 0 Å². The van der Waals surface area contributed by atoms with Gasteiger partial charge in [-0.2, -0.15) is 4.39 Å². The van der Waals surface area contributed by atoms with Crippen LogP contribution in [0.1, 0.15) is 5.56 Å². The Labute approximate surface area is 185 Å². The number of aromatic nitrogens is 3. The van der Waals surface area contributed by atoms with Crippen molar-refractivity contribution < 1.29 is 17.9 Å². The lowest BCUT2D eigenvalue weighted by Gasteiger charge is -2.12. The highest BCUT2D eigenvalue weighted by atomic mass is 32.2. The molecule has 0 amide bonds. The number of rotatable bonds is 7. The van der Waals surface area contributed by atoms with Gasteiger partial charge < -0.3 is 15.2 Å². The normalized spacial score (nSPS) is 10.7. The van der Waals surface area contributed by atoms with Gasteiger partial charge in [0.1, 0.15) is 5.82 Å². The Bertz CT molecular complexity index is 1240. The van der Waals surface area contributed by atoms with Crippen LogP contribution in [-0.2, 0) is 5.75 Å². The third-order valence-electron chi connectivity index (χ3n) is 4.31. The molecule has 162 valence electrons. The molecule has 4 aromatic rings. The summed E-state index contributed by atoms with van der Waals surface area (Å²) in [4.78, 5) is 12.0. The van der Waals surface area contributed by atoms with Gasteiger partial charge in [0.15, 0.2) is 11.6 Å². The van der Waals surface area contributed by atoms with E-state index in [0.717, 1.165) is 17.5 Å². The Balaban J connectivity index is 1.50. The molecule has 2 aromatic heterocycles. The minimum absolute atomic E-state index is 0.0373. The average molecular weight is 455 g/mol. The van der Waals surface area contributed by atoms with E-state index in [0.29, 0.717) is 17.0 Å². The fraction of sp³-hybridized carbons (Fsp3) is 0.0455. The fourth-order valence-electron chi connectivity index (χ4n) is 2.76. The smallest absolute Gasteiger partial charge is 0.228 e. The molecule has 3 N–H and O–H groups in total. The van der Waals surface area contributed by atoms with Crippen LogP contribution in [0.4, 0.5) is 24.8 Å². The first-order valence-corrected chi connectivity index (χ1v) is 10.3. The number of hydrogen-bond acceptors (Lipinski definition) is 7. The molecule has 32 heavy (non-hydrogen) atoms. The third-order valence-corrected chi connectivity index (χ3v) is 5.15.